The molecule has 0 spiro atoms. The number of benzene rings is 3. The number of hydrogen-bond acceptors (Lipinski definition) is 4. The second-order valence-electron chi connectivity index (χ2n) is 6.51. The number of likely N-dealkylation sites (N-methyl/N-ethyl adjacent to an activating group) is 1. The predicted octanol–water partition coefficient (Wildman–Crippen LogP) is 4.59. The van der Waals surface area contributed by atoms with E-state index in [1.165, 1.54) is 12.0 Å². The SMILES string of the molecule is CCN(CC(=O)Nc1ccccc1OC)C(=O)c1cccc(Oc2ccccc2)c1. The highest BCUT2D eigenvalue weighted by atomic mass is 16.5. The first-order chi connectivity index (χ1) is 14.6. The summed E-state index contributed by atoms with van der Waals surface area (Å²) < 4.78 is 11.1. The zero-order chi connectivity index (χ0) is 21.3. The summed E-state index contributed by atoms with van der Waals surface area (Å²) in [7, 11) is 1.54. The van der Waals surface area contributed by atoms with Crippen molar-refractivity contribution in [1.82, 2.24) is 4.90 Å². The van der Waals surface area contributed by atoms with Crippen LogP contribution in [0.2, 0.25) is 0 Å². The molecule has 0 radical (unpaired) electrons. The summed E-state index contributed by atoms with van der Waals surface area (Å²) >= 11 is 0. The number of nitrogens with one attached hydrogen (secondary N) is 1. The van der Waals surface area contributed by atoms with E-state index in [9.17, 15) is 9.59 Å². The number of nitrogens with zero attached hydrogens (tertiary/aromatic N) is 1. The van der Waals surface area contributed by atoms with Gasteiger partial charge in [-0.3, -0.25) is 9.59 Å². The number of ether oxygens (including phenoxy) is 2. The van der Waals surface area contributed by atoms with E-state index >= 15 is 0 Å². The average Bonchev–Trinajstić information content (AvgIpc) is 2.78. The third-order valence-corrected chi connectivity index (χ3v) is 4.44. The van der Waals surface area contributed by atoms with Crippen molar-refractivity contribution in [2.24, 2.45) is 0 Å². The van der Waals surface area contributed by atoms with Crippen LogP contribution in [0.4, 0.5) is 5.69 Å². The first-order valence-corrected chi connectivity index (χ1v) is 9.65. The van der Waals surface area contributed by atoms with Crippen molar-refractivity contribution < 1.29 is 19.1 Å². The molecule has 1 N–H and O–H groups in total. The van der Waals surface area contributed by atoms with Crippen LogP contribution in [0.3, 0.4) is 0 Å². The van der Waals surface area contributed by atoms with Gasteiger partial charge in [-0.2, -0.15) is 0 Å². The van der Waals surface area contributed by atoms with Crippen LogP contribution >= 0.6 is 0 Å². The van der Waals surface area contributed by atoms with Crippen molar-refractivity contribution in [3.8, 4) is 17.2 Å². The Morgan fingerprint density at radius 2 is 1.60 bits per heavy atom. The molecule has 0 aliphatic carbocycles. The van der Waals surface area contributed by atoms with E-state index in [4.69, 9.17) is 9.47 Å². The summed E-state index contributed by atoms with van der Waals surface area (Å²) in [6.45, 7) is 2.15. The fraction of sp³-hybridized carbons (Fsp3) is 0.167. The topological polar surface area (TPSA) is 67.9 Å². The Hall–Kier alpha value is -3.80. The molecule has 30 heavy (non-hydrogen) atoms. The molecule has 0 fully saturated rings. The third-order valence-electron chi connectivity index (χ3n) is 4.44. The molecule has 0 saturated carbocycles. The summed E-state index contributed by atoms with van der Waals surface area (Å²) in [5.74, 6) is 1.26. The molecule has 3 rings (SSSR count). The number of hydrogen-bond donors (Lipinski definition) is 1. The number of amides is 2. The second kappa shape index (κ2) is 10.1. The van der Waals surface area contributed by atoms with Gasteiger partial charge in [0.1, 0.15) is 23.8 Å². The molecule has 0 atom stereocenters. The van der Waals surface area contributed by atoms with E-state index in [-0.39, 0.29) is 18.4 Å². The maximum atomic E-state index is 13.0. The van der Waals surface area contributed by atoms with E-state index in [2.05, 4.69) is 5.32 Å². The average molecular weight is 404 g/mol. The summed E-state index contributed by atoms with van der Waals surface area (Å²) in [6.07, 6.45) is 0. The van der Waals surface area contributed by atoms with Gasteiger partial charge in [-0.25, -0.2) is 0 Å². The van der Waals surface area contributed by atoms with E-state index in [0.717, 1.165) is 0 Å². The maximum absolute atomic E-state index is 13.0. The van der Waals surface area contributed by atoms with Crippen molar-refractivity contribution in [3.63, 3.8) is 0 Å². The Kier molecular flexibility index (Phi) is 7.05. The lowest BCUT2D eigenvalue weighted by atomic mass is 10.2. The van der Waals surface area contributed by atoms with Crippen LogP contribution in [0.15, 0.2) is 78.9 Å². The molecular formula is C24H24N2O4. The quantitative estimate of drug-likeness (QED) is 0.596. The number of carbonyl (C=O) groups excluding carboxylic acids is 2. The molecule has 6 nitrogen and oxygen atoms in total. The molecule has 0 unspecified atom stereocenters. The molecule has 0 heterocycles. The summed E-state index contributed by atoms with van der Waals surface area (Å²) in [5.41, 5.74) is 1.02. The lowest BCUT2D eigenvalue weighted by molar-refractivity contribution is -0.116. The van der Waals surface area contributed by atoms with Crippen LogP contribution in [0.25, 0.3) is 0 Å². The van der Waals surface area contributed by atoms with Crippen molar-refractivity contribution in [3.05, 3.63) is 84.4 Å². The number of rotatable bonds is 8. The smallest absolute Gasteiger partial charge is 0.254 e. The number of carbonyl (C=O) groups is 2. The third kappa shape index (κ3) is 5.38. The zero-order valence-corrected chi connectivity index (χ0v) is 17.0. The van der Waals surface area contributed by atoms with Crippen molar-refractivity contribution in [1.29, 1.82) is 0 Å². The van der Waals surface area contributed by atoms with E-state index in [0.29, 0.717) is 35.0 Å². The maximum Gasteiger partial charge on any atom is 0.254 e. The first-order valence-electron chi connectivity index (χ1n) is 9.65. The minimum absolute atomic E-state index is 0.0723. The Balaban J connectivity index is 1.68. The largest absolute Gasteiger partial charge is 0.495 e. The van der Waals surface area contributed by atoms with E-state index < -0.39 is 0 Å². The molecule has 3 aromatic carbocycles. The number of anilines is 1. The van der Waals surface area contributed by atoms with Crippen molar-refractivity contribution in [2.75, 3.05) is 25.5 Å². The van der Waals surface area contributed by atoms with Gasteiger partial charge in [0.2, 0.25) is 5.91 Å². The molecule has 154 valence electrons. The van der Waals surface area contributed by atoms with Crippen LogP contribution in [0, 0.1) is 0 Å². The number of para-hydroxylation sites is 3. The highest BCUT2D eigenvalue weighted by molar-refractivity contribution is 6.00. The van der Waals surface area contributed by atoms with E-state index in [1.807, 2.05) is 43.3 Å². The van der Waals surface area contributed by atoms with Gasteiger partial charge < -0.3 is 19.7 Å². The molecule has 2 amide bonds. The Bertz CT molecular complexity index is 1000. The molecule has 3 aromatic rings. The van der Waals surface area contributed by atoms with Gasteiger partial charge in [-0.05, 0) is 49.4 Å². The van der Waals surface area contributed by atoms with Gasteiger partial charge in [-0.15, -0.1) is 0 Å². The van der Waals surface area contributed by atoms with E-state index in [1.54, 1.807) is 42.5 Å². The fourth-order valence-electron chi connectivity index (χ4n) is 2.94. The van der Waals surface area contributed by atoms with Crippen LogP contribution in [-0.4, -0.2) is 36.9 Å². The van der Waals surface area contributed by atoms with Gasteiger partial charge in [0, 0.05) is 12.1 Å². The predicted molar refractivity (Wildman–Crippen MR) is 116 cm³/mol. The molecule has 6 heteroatoms. The van der Waals surface area contributed by atoms with Crippen LogP contribution in [0.1, 0.15) is 17.3 Å². The number of methoxy groups -OCH3 is 1. The minimum Gasteiger partial charge on any atom is -0.495 e. The summed E-state index contributed by atoms with van der Waals surface area (Å²) in [5, 5.41) is 2.79. The van der Waals surface area contributed by atoms with Crippen LogP contribution in [0.5, 0.6) is 17.2 Å². The van der Waals surface area contributed by atoms with Gasteiger partial charge in [0.05, 0.1) is 12.8 Å². The highest BCUT2D eigenvalue weighted by Crippen LogP contribution is 2.24. The monoisotopic (exact) mass is 404 g/mol. The van der Waals surface area contributed by atoms with Crippen molar-refractivity contribution >= 4 is 17.5 Å². The Labute approximate surface area is 176 Å². The fourth-order valence-corrected chi connectivity index (χ4v) is 2.94. The molecule has 0 aliphatic rings. The Morgan fingerprint density at radius 1 is 0.900 bits per heavy atom. The standard InChI is InChI=1S/C24H24N2O4/c1-3-26(17-23(27)25-21-14-7-8-15-22(21)29-2)24(28)18-10-9-13-20(16-18)30-19-11-5-4-6-12-19/h4-16H,3,17H2,1-2H3,(H,25,27). The van der Waals surface area contributed by atoms with Crippen LogP contribution < -0.4 is 14.8 Å². The molecule has 0 saturated heterocycles. The molecule has 0 bridgehead atoms. The summed E-state index contributed by atoms with van der Waals surface area (Å²) in [6, 6.07) is 23.4. The van der Waals surface area contributed by atoms with Gasteiger partial charge in [0.25, 0.3) is 5.91 Å². The van der Waals surface area contributed by atoms with Crippen molar-refractivity contribution in [2.45, 2.75) is 6.92 Å². The molecule has 0 aromatic heterocycles. The minimum atomic E-state index is -0.300. The molecule has 0 aliphatic heterocycles. The highest BCUT2D eigenvalue weighted by Gasteiger charge is 2.19. The molecular weight excluding hydrogens is 380 g/mol. The zero-order valence-electron chi connectivity index (χ0n) is 17.0. The first kappa shape index (κ1) is 20.9. The van der Waals surface area contributed by atoms with Gasteiger partial charge >= 0.3 is 0 Å². The van der Waals surface area contributed by atoms with Crippen LogP contribution in [-0.2, 0) is 4.79 Å². The van der Waals surface area contributed by atoms with Gasteiger partial charge in [0.15, 0.2) is 0 Å². The van der Waals surface area contributed by atoms with Gasteiger partial charge in [-0.1, -0.05) is 36.4 Å². The lowest BCUT2D eigenvalue weighted by Crippen LogP contribution is -2.37. The second-order valence-corrected chi connectivity index (χ2v) is 6.51. The Morgan fingerprint density at radius 3 is 2.33 bits per heavy atom. The lowest BCUT2D eigenvalue weighted by Gasteiger charge is -2.21. The summed E-state index contributed by atoms with van der Waals surface area (Å²) in [4.78, 5) is 26.9. The normalized spacial score (nSPS) is 10.2.